The number of nitrogens with zero attached hydrogens (tertiary/aromatic N) is 1. The minimum Gasteiger partial charge on any atom is -0.544 e. The van der Waals surface area contributed by atoms with Crippen LogP contribution in [0, 0.1) is 6.92 Å². The van der Waals surface area contributed by atoms with Crippen molar-refractivity contribution in [2.24, 2.45) is 7.05 Å². The van der Waals surface area contributed by atoms with Gasteiger partial charge in [0.15, 0.2) is 0 Å². The van der Waals surface area contributed by atoms with Crippen LogP contribution in [0.1, 0.15) is 26.3 Å². The van der Waals surface area contributed by atoms with E-state index in [9.17, 15) is 0 Å². The Bertz CT molecular complexity index is 636. The highest BCUT2D eigenvalue weighted by Gasteiger charge is 2.38. The molecule has 3 nitrogen and oxygen atoms in total. The van der Waals surface area contributed by atoms with Gasteiger partial charge in [0, 0.05) is 25.1 Å². The number of aromatic nitrogens is 1. The first-order chi connectivity index (χ1) is 10.1. The molecule has 1 heterocycles. The second-order valence-electron chi connectivity index (χ2n) is 7.53. The topological polar surface area (TPSA) is 26.2 Å². The maximum atomic E-state index is 6.31. The Balaban J connectivity index is 2.09. The Morgan fingerprint density at radius 3 is 2.09 bits per heavy atom. The number of benzene rings is 1. The first kappa shape index (κ1) is 16.7. The molecule has 1 N–H and O–H groups in total. The van der Waals surface area contributed by atoms with E-state index in [4.69, 9.17) is 4.43 Å². The van der Waals surface area contributed by atoms with Crippen molar-refractivity contribution in [3.63, 3.8) is 0 Å². The lowest BCUT2D eigenvalue weighted by molar-refractivity contribution is 0.492. The predicted molar refractivity (Wildman–Crippen MR) is 97.7 cm³/mol. The Labute approximate surface area is 135 Å². The predicted octanol–water partition coefficient (Wildman–Crippen LogP) is 5.46. The Morgan fingerprint density at radius 2 is 1.64 bits per heavy atom. The minimum absolute atomic E-state index is 0.213. The van der Waals surface area contributed by atoms with Crippen molar-refractivity contribution in [1.29, 1.82) is 0 Å². The number of aryl methyl sites for hydroxylation is 2. The summed E-state index contributed by atoms with van der Waals surface area (Å²) in [6.45, 7) is 13.4. The van der Waals surface area contributed by atoms with Crippen LogP contribution in [-0.4, -0.2) is 12.9 Å². The van der Waals surface area contributed by atoms with E-state index in [2.05, 4.69) is 87.3 Å². The first-order valence-corrected chi connectivity index (χ1v) is 10.7. The summed E-state index contributed by atoms with van der Waals surface area (Å²) in [6.07, 6.45) is 4.20. The number of nitrogens with one attached hydrogen (secondary N) is 1. The molecule has 1 aromatic carbocycles. The monoisotopic (exact) mass is 316 g/mol. The molecule has 0 unspecified atom stereocenters. The van der Waals surface area contributed by atoms with Gasteiger partial charge in [-0.3, -0.25) is 0 Å². The van der Waals surface area contributed by atoms with Crippen molar-refractivity contribution in [3.05, 3.63) is 42.2 Å². The minimum atomic E-state index is -1.77. The molecule has 0 radical (unpaired) electrons. The molecule has 1 aromatic heterocycles. The molecular formula is C18H28N2OSi. The smallest absolute Gasteiger partial charge is 0.250 e. The molecule has 22 heavy (non-hydrogen) atoms. The quantitative estimate of drug-likeness (QED) is 0.758. The normalized spacial score (nSPS) is 12.3. The van der Waals surface area contributed by atoms with Gasteiger partial charge in [0.1, 0.15) is 5.75 Å². The molecule has 0 fully saturated rings. The van der Waals surface area contributed by atoms with Gasteiger partial charge in [-0.05, 0) is 54.9 Å². The van der Waals surface area contributed by atoms with Gasteiger partial charge in [-0.15, -0.1) is 0 Å². The van der Waals surface area contributed by atoms with E-state index < -0.39 is 8.32 Å². The summed E-state index contributed by atoms with van der Waals surface area (Å²) in [5, 5.41) is 3.66. The largest absolute Gasteiger partial charge is 0.544 e. The lowest BCUT2D eigenvalue weighted by atomic mass is 10.2. The highest BCUT2D eigenvalue weighted by Crippen LogP contribution is 2.37. The molecule has 0 aliphatic heterocycles. The number of rotatable bonds is 4. The van der Waals surface area contributed by atoms with Gasteiger partial charge in [-0.1, -0.05) is 20.8 Å². The average Bonchev–Trinajstić information content (AvgIpc) is 2.68. The van der Waals surface area contributed by atoms with Crippen LogP contribution in [-0.2, 0) is 7.05 Å². The third kappa shape index (κ3) is 3.74. The van der Waals surface area contributed by atoms with E-state index in [0.29, 0.717) is 0 Å². The van der Waals surface area contributed by atoms with Crippen LogP contribution in [0.5, 0.6) is 5.75 Å². The van der Waals surface area contributed by atoms with E-state index in [0.717, 1.165) is 17.1 Å². The van der Waals surface area contributed by atoms with Gasteiger partial charge in [0.25, 0.3) is 0 Å². The van der Waals surface area contributed by atoms with Gasteiger partial charge in [0.2, 0.25) is 8.32 Å². The summed E-state index contributed by atoms with van der Waals surface area (Å²) in [5.74, 6) is 0.960. The molecule has 0 saturated carbocycles. The standard InChI is InChI=1S/C18H28N2OSi/c1-14-12-20(5)13-17(14)19-15-8-10-16(11-9-15)21-22(6,7)18(2,3)4/h8-13,19H,1-7H3. The van der Waals surface area contributed by atoms with E-state index in [-0.39, 0.29) is 5.04 Å². The second-order valence-corrected chi connectivity index (χ2v) is 12.3. The summed E-state index contributed by atoms with van der Waals surface area (Å²) in [7, 11) is 0.269. The molecule has 2 aromatic rings. The SMILES string of the molecule is Cc1cn(C)cc1Nc1ccc(O[Si](C)(C)C(C)(C)C)cc1. The molecule has 0 aliphatic carbocycles. The third-order valence-electron chi connectivity index (χ3n) is 4.47. The fourth-order valence-electron chi connectivity index (χ4n) is 2.06. The second kappa shape index (κ2) is 5.84. The Kier molecular flexibility index (Phi) is 4.43. The summed E-state index contributed by atoms with van der Waals surface area (Å²) in [6, 6.07) is 8.27. The van der Waals surface area contributed by atoms with Crippen LogP contribution >= 0.6 is 0 Å². The molecule has 0 aliphatic rings. The van der Waals surface area contributed by atoms with Crippen molar-refractivity contribution >= 4 is 19.7 Å². The fourth-order valence-corrected chi connectivity index (χ4v) is 3.09. The number of hydrogen-bond donors (Lipinski definition) is 1. The van der Waals surface area contributed by atoms with Gasteiger partial charge in [-0.2, -0.15) is 0 Å². The van der Waals surface area contributed by atoms with Gasteiger partial charge in [0.05, 0.1) is 5.69 Å². The highest BCUT2D eigenvalue weighted by molar-refractivity contribution is 6.74. The zero-order chi connectivity index (χ0) is 16.5. The summed E-state index contributed by atoms with van der Waals surface area (Å²) >= 11 is 0. The molecule has 2 rings (SSSR count). The van der Waals surface area contributed by atoms with Crippen LogP contribution in [0.3, 0.4) is 0 Å². The molecule has 0 bridgehead atoms. The van der Waals surface area contributed by atoms with Crippen molar-refractivity contribution in [2.75, 3.05) is 5.32 Å². The third-order valence-corrected chi connectivity index (χ3v) is 8.83. The van der Waals surface area contributed by atoms with Crippen LogP contribution in [0.25, 0.3) is 0 Å². The molecule has 0 spiro atoms. The first-order valence-electron chi connectivity index (χ1n) is 7.77. The van der Waals surface area contributed by atoms with Gasteiger partial charge < -0.3 is 14.3 Å². The molecule has 0 amide bonds. The van der Waals surface area contributed by atoms with E-state index >= 15 is 0 Å². The molecule has 4 heteroatoms. The summed E-state index contributed by atoms with van der Waals surface area (Å²) < 4.78 is 8.37. The van der Waals surface area contributed by atoms with Crippen molar-refractivity contribution in [3.8, 4) is 5.75 Å². The molecular weight excluding hydrogens is 288 g/mol. The van der Waals surface area contributed by atoms with E-state index in [1.807, 2.05) is 7.05 Å². The maximum absolute atomic E-state index is 6.31. The van der Waals surface area contributed by atoms with Crippen LogP contribution in [0.2, 0.25) is 18.1 Å². The molecule has 0 saturated heterocycles. The Morgan fingerprint density at radius 1 is 1.05 bits per heavy atom. The van der Waals surface area contributed by atoms with Crippen LogP contribution in [0.15, 0.2) is 36.7 Å². The molecule has 120 valence electrons. The van der Waals surface area contributed by atoms with Crippen LogP contribution < -0.4 is 9.74 Å². The lowest BCUT2D eigenvalue weighted by Gasteiger charge is -2.36. The van der Waals surface area contributed by atoms with Gasteiger partial charge >= 0.3 is 0 Å². The summed E-state index contributed by atoms with van der Waals surface area (Å²) in [5.41, 5.74) is 3.46. The van der Waals surface area contributed by atoms with Crippen molar-refractivity contribution in [1.82, 2.24) is 4.57 Å². The fraction of sp³-hybridized carbons (Fsp3) is 0.444. The zero-order valence-corrected chi connectivity index (χ0v) is 15.8. The highest BCUT2D eigenvalue weighted by atomic mass is 28.4. The zero-order valence-electron chi connectivity index (χ0n) is 14.8. The summed E-state index contributed by atoms with van der Waals surface area (Å²) in [4.78, 5) is 0. The van der Waals surface area contributed by atoms with Crippen molar-refractivity contribution < 1.29 is 4.43 Å². The maximum Gasteiger partial charge on any atom is 0.250 e. The molecule has 0 atom stereocenters. The lowest BCUT2D eigenvalue weighted by Crippen LogP contribution is -2.43. The number of anilines is 2. The van der Waals surface area contributed by atoms with Crippen LogP contribution in [0.4, 0.5) is 11.4 Å². The number of hydrogen-bond acceptors (Lipinski definition) is 2. The van der Waals surface area contributed by atoms with Crippen molar-refractivity contribution in [2.45, 2.75) is 45.8 Å². The van der Waals surface area contributed by atoms with E-state index in [1.165, 1.54) is 5.56 Å². The Hall–Kier alpha value is -1.68. The van der Waals surface area contributed by atoms with E-state index in [1.54, 1.807) is 0 Å². The van der Waals surface area contributed by atoms with Gasteiger partial charge in [-0.25, -0.2) is 0 Å². The average molecular weight is 317 g/mol.